The lowest BCUT2D eigenvalue weighted by Gasteiger charge is -2.05. The standard InChI is InChI=1S/C9H7BrN2O6/c1-18-8-7(12(16)17)4(5(10)3-11-8)2-6(13)9(14)15/h2-3,13H,1H3,(H,14,15). The molecule has 0 aliphatic heterocycles. The summed E-state index contributed by atoms with van der Waals surface area (Å²) in [6.45, 7) is 0. The number of methoxy groups -OCH3 is 1. The minimum atomic E-state index is -1.60. The Labute approximate surface area is 109 Å². The first-order chi connectivity index (χ1) is 8.38. The highest BCUT2D eigenvalue weighted by Gasteiger charge is 2.24. The number of hydrogen-bond acceptors (Lipinski definition) is 6. The number of aromatic nitrogens is 1. The van der Waals surface area contributed by atoms with Crippen LogP contribution in [0.5, 0.6) is 5.88 Å². The number of aliphatic hydroxyl groups is 1. The van der Waals surface area contributed by atoms with Gasteiger partial charge in [0, 0.05) is 12.3 Å². The average Bonchev–Trinajstić information content (AvgIpc) is 2.30. The van der Waals surface area contributed by atoms with E-state index in [4.69, 9.17) is 14.9 Å². The summed E-state index contributed by atoms with van der Waals surface area (Å²) in [6, 6.07) is 0. The Kier molecular flexibility index (Phi) is 4.21. The molecule has 18 heavy (non-hydrogen) atoms. The molecule has 0 aliphatic rings. The molecule has 0 aromatic carbocycles. The Hall–Kier alpha value is -2.16. The van der Waals surface area contributed by atoms with Gasteiger partial charge in [0.2, 0.25) is 5.76 Å². The maximum absolute atomic E-state index is 10.9. The van der Waals surface area contributed by atoms with Crippen molar-refractivity contribution in [2.45, 2.75) is 0 Å². The lowest BCUT2D eigenvalue weighted by molar-refractivity contribution is -0.386. The third-order valence-electron chi connectivity index (χ3n) is 1.89. The minimum Gasteiger partial charge on any atom is -0.502 e. The van der Waals surface area contributed by atoms with Crippen LogP contribution in [0.3, 0.4) is 0 Å². The van der Waals surface area contributed by atoms with Crippen molar-refractivity contribution in [1.29, 1.82) is 0 Å². The van der Waals surface area contributed by atoms with Crippen LogP contribution in [-0.2, 0) is 4.79 Å². The van der Waals surface area contributed by atoms with Crippen molar-refractivity contribution in [3.8, 4) is 5.88 Å². The number of carboxylic acids is 1. The molecule has 0 unspecified atom stereocenters. The molecule has 1 aromatic heterocycles. The van der Waals surface area contributed by atoms with Crippen LogP contribution >= 0.6 is 15.9 Å². The Morgan fingerprint density at radius 3 is 2.67 bits per heavy atom. The highest BCUT2D eigenvalue weighted by Crippen LogP contribution is 2.34. The minimum absolute atomic E-state index is 0.147. The van der Waals surface area contributed by atoms with Crippen molar-refractivity contribution in [2.24, 2.45) is 0 Å². The summed E-state index contributed by atoms with van der Waals surface area (Å²) >= 11 is 2.99. The molecule has 1 aromatic rings. The second-order valence-electron chi connectivity index (χ2n) is 2.97. The van der Waals surface area contributed by atoms with Crippen LogP contribution in [-0.4, -0.2) is 33.2 Å². The van der Waals surface area contributed by atoms with Gasteiger partial charge in [-0.2, -0.15) is 0 Å². The normalized spacial score (nSPS) is 11.1. The zero-order chi connectivity index (χ0) is 13.9. The molecule has 0 aliphatic carbocycles. The van der Waals surface area contributed by atoms with E-state index in [0.29, 0.717) is 0 Å². The van der Waals surface area contributed by atoms with Crippen LogP contribution in [0.4, 0.5) is 5.69 Å². The molecule has 1 heterocycles. The first-order valence-corrected chi connectivity index (χ1v) is 5.18. The Balaban J connectivity index is 3.55. The second kappa shape index (κ2) is 5.45. The van der Waals surface area contributed by atoms with Crippen molar-refractivity contribution >= 4 is 33.7 Å². The molecule has 0 amide bonds. The summed E-state index contributed by atoms with van der Waals surface area (Å²) in [5, 5.41) is 28.6. The van der Waals surface area contributed by atoms with E-state index in [1.807, 2.05) is 0 Å². The highest BCUT2D eigenvalue weighted by molar-refractivity contribution is 9.10. The monoisotopic (exact) mass is 318 g/mol. The molecule has 0 fully saturated rings. The molecule has 2 N–H and O–H groups in total. The zero-order valence-corrected chi connectivity index (χ0v) is 10.5. The second-order valence-corrected chi connectivity index (χ2v) is 3.82. The number of rotatable bonds is 4. The predicted octanol–water partition coefficient (Wildman–Crippen LogP) is 1.74. The van der Waals surface area contributed by atoms with E-state index in [9.17, 15) is 14.9 Å². The summed E-state index contributed by atoms with van der Waals surface area (Å²) in [4.78, 5) is 24.3. The van der Waals surface area contributed by atoms with Crippen LogP contribution in [0, 0.1) is 10.1 Å². The summed E-state index contributed by atoms with van der Waals surface area (Å²) in [7, 11) is 1.19. The van der Waals surface area contributed by atoms with E-state index in [0.717, 1.165) is 6.08 Å². The number of nitrogens with zero attached hydrogens (tertiary/aromatic N) is 2. The molecule has 0 spiro atoms. The van der Waals surface area contributed by atoms with E-state index < -0.39 is 22.3 Å². The van der Waals surface area contributed by atoms with Gasteiger partial charge in [0.25, 0.3) is 5.88 Å². The molecule has 96 valence electrons. The maximum atomic E-state index is 10.9. The fourth-order valence-electron chi connectivity index (χ4n) is 1.14. The van der Waals surface area contributed by atoms with Crippen LogP contribution < -0.4 is 4.74 Å². The summed E-state index contributed by atoms with van der Waals surface area (Å²) < 4.78 is 4.87. The van der Waals surface area contributed by atoms with Crippen molar-refractivity contribution < 1.29 is 24.7 Å². The third-order valence-corrected chi connectivity index (χ3v) is 2.52. The number of aliphatic carboxylic acids is 1. The van der Waals surface area contributed by atoms with E-state index in [1.165, 1.54) is 13.3 Å². The van der Waals surface area contributed by atoms with Crippen molar-refractivity contribution in [2.75, 3.05) is 7.11 Å². The Morgan fingerprint density at radius 2 is 2.22 bits per heavy atom. The average molecular weight is 319 g/mol. The topological polar surface area (TPSA) is 123 Å². The lowest BCUT2D eigenvalue weighted by atomic mass is 10.2. The van der Waals surface area contributed by atoms with Gasteiger partial charge in [0.15, 0.2) is 0 Å². The molecule has 1 rings (SSSR count). The molecule has 0 saturated heterocycles. The summed E-state index contributed by atoms with van der Waals surface area (Å²) in [5.74, 6) is -2.92. The van der Waals surface area contributed by atoms with Crippen molar-refractivity contribution in [3.05, 3.63) is 32.1 Å². The van der Waals surface area contributed by atoms with Gasteiger partial charge in [-0.25, -0.2) is 9.78 Å². The quantitative estimate of drug-likeness (QED) is 0.375. The van der Waals surface area contributed by atoms with Gasteiger partial charge in [-0.15, -0.1) is 0 Å². The molecule has 0 bridgehead atoms. The largest absolute Gasteiger partial charge is 0.502 e. The SMILES string of the molecule is COc1ncc(Br)c(C=C(O)C(=O)O)c1[N+](=O)[O-]. The number of hydrogen-bond donors (Lipinski definition) is 2. The fraction of sp³-hybridized carbons (Fsp3) is 0.111. The van der Waals surface area contributed by atoms with E-state index in [2.05, 4.69) is 20.9 Å². The third kappa shape index (κ3) is 2.74. The smallest absolute Gasteiger partial charge is 0.370 e. The number of halogens is 1. The van der Waals surface area contributed by atoms with E-state index in [1.54, 1.807) is 0 Å². The molecule has 0 atom stereocenters. The molecule has 9 heteroatoms. The Bertz CT molecular complexity index is 542. The maximum Gasteiger partial charge on any atom is 0.370 e. The van der Waals surface area contributed by atoms with Gasteiger partial charge in [0.1, 0.15) is 0 Å². The highest BCUT2D eigenvalue weighted by atomic mass is 79.9. The van der Waals surface area contributed by atoms with Crippen molar-refractivity contribution in [3.63, 3.8) is 0 Å². The Morgan fingerprint density at radius 1 is 1.61 bits per heavy atom. The van der Waals surface area contributed by atoms with Crippen LogP contribution in [0.2, 0.25) is 0 Å². The van der Waals surface area contributed by atoms with E-state index >= 15 is 0 Å². The van der Waals surface area contributed by atoms with Gasteiger partial charge in [-0.05, 0) is 15.9 Å². The van der Waals surface area contributed by atoms with Gasteiger partial charge in [-0.3, -0.25) is 10.1 Å². The summed E-state index contributed by atoms with van der Waals surface area (Å²) in [5.41, 5.74) is -0.688. The van der Waals surface area contributed by atoms with Gasteiger partial charge in [-0.1, -0.05) is 0 Å². The summed E-state index contributed by atoms with van der Waals surface area (Å²) in [6.07, 6.45) is 1.95. The van der Waals surface area contributed by atoms with Gasteiger partial charge >= 0.3 is 11.7 Å². The predicted molar refractivity (Wildman–Crippen MR) is 63.4 cm³/mol. The van der Waals surface area contributed by atoms with Crippen LogP contribution in [0.25, 0.3) is 6.08 Å². The first-order valence-electron chi connectivity index (χ1n) is 4.39. The molecule has 0 saturated carbocycles. The van der Waals surface area contributed by atoms with Crippen LogP contribution in [0.1, 0.15) is 5.56 Å². The number of carbonyl (C=O) groups is 1. The molecular formula is C9H7BrN2O6. The number of pyridine rings is 1. The number of aliphatic hydroxyl groups excluding tert-OH is 1. The van der Waals surface area contributed by atoms with Gasteiger partial charge < -0.3 is 14.9 Å². The first kappa shape index (κ1) is 13.9. The number of carboxylic acid groups (broad SMARTS) is 1. The van der Waals surface area contributed by atoms with Crippen molar-refractivity contribution in [1.82, 2.24) is 4.98 Å². The molecule has 0 radical (unpaired) electrons. The fourth-order valence-corrected chi connectivity index (χ4v) is 1.54. The van der Waals surface area contributed by atoms with Gasteiger partial charge in [0.05, 0.1) is 22.1 Å². The molecule has 8 nitrogen and oxygen atoms in total. The van der Waals surface area contributed by atoms with E-state index in [-0.39, 0.29) is 15.9 Å². The lowest BCUT2D eigenvalue weighted by Crippen LogP contribution is -2.02. The zero-order valence-electron chi connectivity index (χ0n) is 8.95. The number of ether oxygens (including phenoxy) is 1. The van der Waals surface area contributed by atoms with Crippen LogP contribution in [0.15, 0.2) is 16.4 Å². The molecular weight excluding hydrogens is 312 g/mol. The number of nitro groups is 1.